The zero-order chi connectivity index (χ0) is 12.3. The van der Waals surface area contributed by atoms with Crippen molar-refractivity contribution in [1.29, 1.82) is 0 Å². The fraction of sp³-hybridized carbons (Fsp3) is 0.167. The van der Waals surface area contributed by atoms with Crippen LogP contribution in [-0.2, 0) is 6.61 Å². The van der Waals surface area contributed by atoms with Crippen LogP contribution in [0.1, 0.15) is 22.6 Å². The van der Waals surface area contributed by atoms with Gasteiger partial charge in [0.25, 0.3) is 0 Å². The van der Waals surface area contributed by atoms with Crippen LogP contribution in [0.3, 0.4) is 0 Å². The molecule has 5 heteroatoms. The van der Waals surface area contributed by atoms with Crippen LogP contribution >= 0.6 is 0 Å². The van der Waals surface area contributed by atoms with Gasteiger partial charge in [0.15, 0.2) is 0 Å². The van der Waals surface area contributed by atoms with Gasteiger partial charge in [0.1, 0.15) is 17.2 Å². The normalized spacial score (nSPS) is 11.8. The summed E-state index contributed by atoms with van der Waals surface area (Å²) in [5, 5.41) is 25.3. The van der Waals surface area contributed by atoms with Crippen molar-refractivity contribution in [3.8, 4) is 0 Å². The van der Waals surface area contributed by atoms with Gasteiger partial charge in [0.2, 0.25) is 0 Å². The minimum Gasteiger partial charge on any atom is -0.410 e. The molecule has 1 heterocycles. The van der Waals surface area contributed by atoms with Crippen LogP contribution in [0, 0.1) is 6.92 Å². The standard InChI is InChI=1S/C12H12N2O3/c1-8-6-11(14-17-8)12(13-16)10-5-3-2-4-9(10)7-15/h2-6,15-16H,7H2,1H3/b13-12+. The number of hydrogen-bond donors (Lipinski definition) is 2. The molecule has 0 spiro atoms. The molecule has 2 N–H and O–H groups in total. The van der Waals surface area contributed by atoms with Crippen molar-refractivity contribution in [3.63, 3.8) is 0 Å². The minimum atomic E-state index is -0.133. The molecular formula is C12H12N2O3. The summed E-state index contributed by atoms with van der Waals surface area (Å²) in [5.74, 6) is 0.627. The Morgan fingerprint density at radius 2 is 2.18 bits per heavy atom. The van der Waals surface area contributed by atoms with E-state index >= 15 is 0 Å². The van der Waals surface area contributed by atoms with E-state index in [9.17, 15) is 5.11 Å². The average molecular weight is 232 g/mol. The number of benzene rings is 1. The van der Waals surface area contributed by atoms with E-state index in [4.69, 9.17) is 9.73 Å². The molecule has 0 amide bonds. The molecule has 17 heavy (non-hydrogen) atoms. The Morgan fingerprint density at radius 3 is 2.76 bits per heavy atom. The molecule has 0 aliphatic carbocycles. The molecule has 88 valence electrons. The molecule has 2 aromatic rings. The summed E-state index contributed by atoms with van der Waals surface area (Å²) in [4.78, 5) is 0. The Labute approximate surface area is 98.0 Å². The highest BCUT2D eigenvalue weighted by Gasteiger charge is 2.15. The molecule has 0 saturated heterocycles. The van der Waals surface area contributed by atoms with Crippen LogP contribution in [0.4, 0.5) is 0 Å². The fourth-order valence-corrected chi connectivity index (χ4v) is 1.61. The smallest absolute Gasteiger partial charge is 0.139 e. The van der Waals surface area contributed by atoms with E-state index in [0.29, 0.717) is 22.6 Å². The maximum Gasteiger partial charge on any atom is 0.139 e. The lowest BCUT2D eigenvalue weighted by Gasteiger charge is -2.06. The SMILES string of the molecule is Cc1cc(/C(=N/O)c2ccccc2CO)no1. The Kier molecular flexibility index (Phi) is 3.20. The van der Waals surface area contributed by atoms with Gasteiger partial charge in [-0.15, -0.1) is 0 Å². The fourth-order valence-electron chi connectivity index (χ4n) is 1.61. The molecule has 0 saturated carbocycles. The lowest BCUT2D eigenvalue weighted by molar-refractivity contribution is 0.281. The van der Waals surface area contributed by atoms with Gasteiger partial charge in [-0.1, -0.05) is 34.6 Å². The summed E-state index contributed by atoms with van der Waals surface area (Å²) >= 11 is 0. The second kappa shape index (κ2) is 4.80. The molecule has 5 nitrogen and oxygen atoms in total. The van der Waals surface area contributed by atoms with Gasteiger partial charge in [-0.25, -0.2) is 0 Å². The molecule has 1 aromatic carbocycles. The molecule has 0 unspecified atom stereocenters. The van der Waals surface area contributed by atoms with Crippen LogP contribution in [0.25, 0.3) is 0 Å². The highest BCUT2D eigenvalue weighted by molar-refractivity contribution is 6.12. The van der Waals surface area contributed by atoms with Crippen molar-refractivity contribution in [1.82, 2.24) is 5.16 Å². The number of aryl methyl sites for hydroxylation is 1. The van der Waals surface area contributed by atoms with E-state index in [2.05, 4.69) is 10.3 Å². The molecule has 0 atom stereocenters. The molecule has 0 aliphatic heterocycles. The first-order valence-electron chi connectivity index (χ1n) is 5.11. The summed E-state index contributed by atoms with van der Waals surface area (Å²) in [6.45, 7) is 1.62. The van der Waals surface area contributed by atoms with E-state index in [1.807, 2.05) is 0 Å². The lowest BCUT2D eigenvalue weighted by Crippen LogP contribution is -2.07. The molecule has 0 fully saturated rings. The van der Waals surface area contributed by atoms with Crippen LogP contribution < -0.4 is 0 Å². The van der Waals surface area contributed by atoms with Crippen molar-refractivity contribution in [2.75, 3.05) is 0 Å². The van der Waals surface area contributed by atoms with Gasteiger partial charge < -0.3 is 14.8 Å². The number of hydrogen-bond acceptors (Lipinski definition) is 5. The summed E-state index contributed by atoms with van der Waals surface area (Å²) in [6.07, 6.45) is 0. The van der Waals surface area contributed by atoms with E-state index in [0.717, 1.165) is 0 Å². The molecular weight excluding hydrogens is 220 g/mol. The number of aliphatic hydroxyl groups is 1. The number of oxime groups is 1. The van der Waals surface area contributed by atoms with Gasteiger partial charge in [-0.2, -0.15) is 0 Å². The number of rotatable bonds is 3. The van der Waals surface area contributed by atoms with Crippen LogP contribution in [0.2, 0.25) is 0 Å². The van der Waals surface area contributed by atoms with E-state index < -0.39 is 0 Å². The first-order valence-corrected chi connectivity index (χ1v) is 5.11. The van der Waals surface area contributed by atoms with Gasteiger partial charge in [-0.3, -0.25) is 0 Å². The van der Waals surface area contributed by atoms with Crippen LogP contribution in [0.15, 0.2) is 40.0 Å². The van der Waals surface area contributed by atoms with E-state index in [-0.39, 0.29) is 12.3 Å². The zero-order valence-corrected chi connectivity index (χ0v) is 9.29. The Bertz CT molecular complexity index is 546. The molecule has 1 aromatic heterocycles. The first kappa shape index (κ1) is 11.3. The number of nitrogens with zero attached hydrogens (tertiary/aromatic N) is 2. The van der Waals surface area contributed by atoms with Gasteiger partial charge in [0.05, 0.1) is 6.61 Å². The third-order valence-corrected chi connectivity index (χ3v) is 2.41. The minimum absolute atomic E-state index is 0.133. The van der Waals surface area contributed by atoms with Crippen molar-refractivity contribution in [3.05, 3.63) is 52.9 Å². The Hall–Kier alpha value is -2.14. The first-order chi connectivity index (χ1) is 8.26. The Morgan fingerprint density at radius 1 is 1.41 bits per heavy atom. The largest absolute Gasteiger partial charge is 0.410 e. The third kappa shape index (κ3) is 2.19. The lowest BCUT2D eigenvalue weighted by atomic mass is 10.0. The Balaban J connectivity index is 2.50. The third-order valence-electron chi connectivity index (χ3n) is 2.41. The monoisotopic (exact) mass is 232 g/mol. The molecule has 0 bridgehead atoms. The quantitative estimate of drug-likeness (QED) is 0.479. The van der Waals surface area contributed by atoms with Crippen LogP contribution in [0.5, 0.6) is 0 Å². The second-order valence-corrected chi connectivity index (χ2v) is 3.59. The van der Waals surface area contributed by atoms with Crippen molar-refractivity contribution >= 4 is 5.71 Å². The topological polar surface area (TPSA) is 78.9 Å². The van der Waals surface area contributed by atoms with Gasteiger partial charge in [-0.05, 0) is 12.5 Å². The number of aromatic nitrogens is 1. The predicted molar refractivity (Wildman–Crippen MR) is 61.0 cm³/mol. The van der Waals surface area contributed by atoms with E-state index in [1.54, 1.807) is 37.3 Å². The molecule has 2 rings (SSSR count). The molecule has 0 radical (unpaired) electrons. The predicted octanol–water partition coefficient (Wildman–Crippen LogP) is 1.70. The molecule has 0 aliphatic rings. The highest BCUT2D eigenvalue weighted by atomic mass is 16.5. The van der Waals surface area contributed by atoms with Crippen LogP contribution in [-0.4, -0.2) is 21.2 Å². The number of aliphatic hydroxyl groups excluding tert-OH is 1. The van der Waals surface area contributed by atoms with Gasteiger partial charge in [0, 0.05) is 11.6 Å². The average Bonchev–Trinajstić information content (AvgIpc) is 2.77. The summed E-state index contributed by atoms with van der Waals surface area (Å²) in [7, 11) is 0. The van der Waals surface area contributed by atoms with Crippen molar-refractivity contribution < 1.29 is 14.8 Å². The van der Waals surface area contributed by atoms with Gasteiger partial charge >= 0.3 is 0 Å². The second-order valence-electron chi connectivity index (χ2n) is 3.59. The summed E-state index contributed by atoms with van der Waals surface area (Å²) in [6, 6.07) is 8.78. The summed E-state index contributed by atoms with van der Waals surface area (Å²) < 4.78 is 4.94. The van der Waals surface area contributed by atoms with Crippen molar-refractivity contribution in [2.45, 2.75) is 13.5 Å². The van der Waals surface area contributed by atoms with Crippen molar-refractivity contribution in [2.24, 2.45) is 5.16 Å². The highest BCUT2D eigenvalue weighted by Crippen LogP contribution is 2.15. The van der Waals surface area contributed by atoms with E-state index in [1.165, 1.54) is 0 Å². The summed E-state index contributed by atoms with van der Waals surface area (Å²) in [5.41, 5.74) is 2.02. The maximum absolute atomic E-state index is 9.23. The maximum atomic E-state index is 9.23. The zero-order valence-electron chi connectivity index (χ0n) is 9.29.